The van der Waals surface area contributed by atoms with E-state index < -0.39 is 58.5 Å². The molecule has 5 heterocycles. The second-order valence-corrected chi connectivity index (χ2v) is 14.8. The minimum absolute atomic E-state index is 0.0756. The molecular formula is C31H47N7O11. The van der Waals surface area contributed by atoms with Crippen molar-refractivity contribution in [1.29, 1.82) is 0 Å². The van der Waals surface area contributed by atoms with Gasteiger partial charge in [-0.3, -0.25) is 29.0 Å². The molecule has 4 saturated heterocycles. The number of aromatic nitrogens is 2. The highest BCUT2D eigenvalue weighted by atomic mass is 16.6. The molecule has 0 bridgehead atoms. The van der Waals surface area contributed by atoms with Crippen molar-refractivity contribution in [1.82, 2.24) is 35.1 Å². The highest BCUT2D eigenvalue weighted by Gasteiger charge is 2.61. The number of carboxylic acid groups (broad SMARTS) is 1. The fourth-order valence-corrected chi connectivity index (χ4v) is 6.53. The van der Waals surface area contributed by atoms with Gasteiger partial charge in [-0.1, -0.05) is 5.16 Å². The molecule has 4 aliphatic heterocycles. The zero-order valence-electron chi connectivity index (χ0n) is 29.1. The van der Waals surface area contributed by atoms with Crippen LogP contribution in [0.5, 0.6) is 0 Å². The number of nitrogens with zero attached hydrogens (tertiary/aromatic N) is 6. The Hall–Kier alpha value is -4.48. The van der Waals surface area contributed by atoms with E-state index >= 15 is 0 Å². The Morgan fingerprint density at radius 3 is 1.73 bits per heavy atom. The Balaban J connectivity index is 0.000000237. The van der Waals surface area contributed by atoms with E-state index in [1.807, 2.05) is 0 Å². The van der Waals surface area contributed by atoms with Gasteiger partial charge in [0.1, 0.15) is 34.9 Å². The summed E-state index contributed by atoms with van der Waals surface area (Å²) in [5, 5.41) is 24.7. The normalized spacial score (nSPS) is 24.6. The Labute approximate surface area is 284 Å². The van der Waals surface area contributed by atoms with Crippen molar-refractivity contribution in [3.63, 3.8) is 0 Å². The number of carbonyl (C=O) groups excluding carboxylic acids is 5. The van der Waals surface area contributed by atoms with Crippen LogP contribution in [0.25, 0.3) is 0 Å². The number of amides is 5. The molecule has 0 radical (unpaired) electrons. The molecular weight excluding hydrogens is 646 g/mol. The third kappa shape index (κ3) is 8.05. The van der Waals surface area contributed by atoms with Crippen LogP contribution in [0, 0.1) is 0 Å². The number of hydrogen-bond acceptors (Lipinski definition) is 12. The summed E-state index contributed by atoms with van der Waals surface area (Å²) >= 11 is 0. The first-order valence-electron chi connectivity index (χ1n) is 16.2. The van der Waals surface area contributed by atoms with Crippen LogP contribution in [0.3, 0.4) is 0 Å². The van der Waals surface area contributed by atoms with Gasteiger partial charge in [0, 0.05) is 13.1 Å². The van der Waals surface area contributed by atoms with Crippen molar-refractivity contribution in [3.8, 4) is 0 Å². The Morgan fingerprint density at radius 1 is 0.898 bits per heavy atom. The summed E-state index contributed by atoms with van der Waals surface area (Å²) in [5.74, 6) is -2.01. The topological polar surface area (TPSA) is 225 Å². The van der Waals surface area contributed by atoms with Gasteiger partial charge in [0.15, 0.2) is 6.33 Å². The zero-order valence-corrected chi connectivity index (χ0v) is 29.1. The standard InChI is InChI=1S/C18H27N5O6.C13H20N2O5/c1-11(24)13(14-19-10-20-29-14)21-12(25)8-22-9-18(15(22)26)6-5-7-23(18)16(27)28-17(2,3)4;1-12(2,3)20-11(19)15-6-4-5-13(15)8-14(10(13)18)7-9(16)17/h10-11,13,24H,5-9H2,1-4H3,(H,21,25);4-8H2,1-3H3,(H,16,17)/t11-,13+,18?;/m1./s1. The van der Waals surface area contributed by atoms with Crippen molar-refractivity contribution in [2.24, 2.45) is 0 Å². The monoisotopic (exact) mass is 693 g/mol. The smallest absolute Gasteiger partial charge is 0.411 e. The summed E-state index contributed by atoms with van der Waals surface area (Å²) in [7, 11) is 0. The minimum atomic E-state index is -1.05. The molecule has 5 amide bonds. The van der Waals surface area contributed by atoms with E-state index in [4.69, 9.17) is 19.1 Å². The third-order valence-electron chi connectivity index (χ3n) is 8.58. The van der Waals surface area contributed by atoms with Gasteiger partial charge in [-0.05, 0) is 74.1 Å². The molecule has 4 fully saturated rings. The van der Waals surface area contributed by atoms with Gasteiger partial charge in [-0.15, -0.1) is 0 Å². The maximum absolute atomic E-state index is 12.9. The lowest BCUT2D eigenvalue weighted by Crippen LogP contribution is -2.73. The van der Waals surface area contributed by atoms with E-state index in [1.54, 1.807) is 41.5 Å². The van der Waals surface area contributed by atoms with E-state index in [0.717, 1.165) is 6.42 Å². The number of β-lactam (4-membered cyclic amide) rings is 2. The van der Waals surface area contributed by atoms with Crippen molar-refractivity contribution < 1.29 is 53.0 Å². The lowest BCUT2D eigenvalue weighted by molar-refractivity contribution is -0.165. The Bertz CT molecular complexity index is 1440. The summed E-state index contributed by atoms with van der Waals surface area (Å²) in [4.78, 5) is 82.2. The minimum Gasteiger partial charge on any atom is -0.480 e. The highest BCUT2D eigenvalue weighted by Crippen LogP contribution is 2.41. The molecule has 0 saturated carbocycles. The quantitative estimate of drug-likeness (QED) is 0.338. The Morgan fingerprint density at radius 2 is 1.37 bits per heavy atom. The summed E-state index contributed by atoms with van der Waals surface area (Å²) in [5.41, 5.74) is -3.08. The van der Waals surface area contributed by atoms with Crippen LogP contribution >= 0.6 is 0 Å². The van der Waals surface area contributed by atoms with Gasteiger partial charge >= 0.3 is 18.2 Å². The average Bonchev–Trinajstić information content (AvgIpc) is 3.75. The predicted octanol–water partition coefficient (Wildman–Crippen LogP) is 0.903. The van der Waals surface area contributed by atoms with E-state index in [1.165, 1.54) is 32.9 Å². The lowest BCUT2D eigenvalue weighted by atomic mass is 9.85. The van der Waals surface area contributed by atoms with Crippen molar-refractivity contribution in [2.75, 3.05) is 39.3 Å². The molecule has 4 atom stereocenters. The number of nitrogens with one attached hydrogen (secondary N) is 1. The molecule has 3 N–H and O–H groups in total. The number of hydrogen-bond donors (Lipinski definition) is 3. The van der Waals surface area contributed by atoms with Crippen molar-refractivity contribution in [2.45, 2.75) is 109 Å². The number of aliphatic carboxylic acids is 1. The fourth-order valence-electron chi connectivity index (χ4n) is 6.53. The molecule has 1 aromatic heterocycles. The predicted molar refractivity (Wildman–Crippen MR) is 167 cm³/mol. The molecule has 18 heteroatoms. The first-order valence-corrected chi connectivity index (χ1v) is 16.2. The fraction of sp³-hybridized carbons (Fsp3) is 0.742. The third-order valence-corrected chi connectivity index (χ3v) is 8.58. The van der Waals surface area contributed by atoms with Gasteiger partial charge in [-0.2, -0.15) is 4.98 Å². The Kier molecular flexibility index (Phi) is 10.5. The number of aliphatic hydroxyl groups excluding tert-OH is 1. The number of carbonyl (C=O) groups is 6. The molecule has 1 aromatic rings. The van der Waals surface area contributed by atoms with Crippen LogP contribution < -0.4 is 5.32 Å². The molecule has 18 nitrogen and oxygen atoms in total. The molecule has 5 rings (SSSR count). The van der Waals surface area contributed by atoms with Crippen LogP contribution in [0.4, 0.5) is 9.59 Å². The van der Waals surface area contributed by atoms with Gasteiger partial charge in [0.2, 0.25) is 5.91 Å². The first kappa shape index (κ1) is 37.3. The lowest BCUT2D eigenvalue weighted by Gasteiger charge is -2.50. The van der Waals surface area contributed by atoms with E-state index in [0.29, 0.717) is 32.4 Å². The number of rotatable bonds is 7. The number of likely N-dealkylation sites (tertiary alicyclic amines) is 4. The number of ether oxygens (including phenoxy) is 2. The van der Waals surface area contributed by atoms with Gasteiger partial charge in [0.25, 0.3) is 17.7 Å². The van der Waals surface area contributed by atoms with E-state index in [2.05, 4.69) is 15.5 Å². The van der Waals surface area contributed by atoms with Crippen molar-refractivity contribution >= 4 is 35.9 Å². The van der Waals surface area contributed by atoms with E-state index in [-0.39, 0.29) is 43.9 Å². The van der Waals surface area contributed by atoms with Gasteiger partial charge < -0.3 is 39.3 Å². The SMILES string of the molecule is CC(C)(C)OC(=O)N1CCCC12CN(CC(=O)O)C2=O.C[C@@H](O)[C@H](NC(=O)CN1CC2(CCCN2C(=O)OC(C)(C)C)C1=O)c1ncno1. The maximum Gasteiger partial charge on any atom is 0.411 e. The van der Waals surface area contributed by atoms with Crippen LogP contribution in [0.1, 0.15) is 86.1 Å². The second-order valence-electron chi connectivity index (χ2n) is 14.8. The molecule has 0 aliphatic carbocycles. The van der Waals surface area contributed by atoms with Crippen LogP contribution in [-0.2, 0) is 28.7 Å². The summed E-state index contributed by atoms with van der Waals surface area (Å²) in [6.45, 7) is 13.1. The molecule has 4 aliphatic rings. The van der Waals surface area contributed by atoms with Crippen LogP contribution in [-0.4, -0.2) is 143 Å². The van der Waals surface area contributed by atoms with Gasteiger partial charge in [0.05, 0.1) is 25.7 Å². The molecule has 2 spiro atoms. The highest BCUT2D eigenvalue weighted by molar-refractivity contribution is 5.99. The second kappa shape index (κ2) is 13.8. The molecule has 2 unspecified atom stereocenters. The van der Waals surface area contributed by atoms with Gasteiger partial charge in [-0.25, -0.2) is 9.59 Å². The summed E-state index contributed by atoms with van der Waals surface area (Å²) < 4.78 is 15.6. The van der Waals surface area contributed by atoms with E-state index in [9.17, 15) is 33.9 Å². The van der Waals surface area contributed by atoms with Crippen LogP contribution in [0.15, 0.2) is 10.9 Å². The first-order chi connectivity index (χ1) is 22.7. The number of aliphatic hydroxyl groups is 1. The molecule has 49 heavy (non-hydrogen) atoms. The zero-order chi connectivity index (χ0) is 36.5. The average molecular weight is 694 g/mol. The van der Waals surface area contributed by atoms with Crippen LogP contribution in [0.2, 0.25) is 0 Å². The molecule has 272 valence electrons. The summed E-state index contributed by atoms with van der Waals surface area (Å²) in [6.07, 6.45) is 1.73. The number of carboxylic acids is 1. The molecule has 0 aromatic carbocycles. The maximum atomic E-state index is 12.9. The summed E-state index contributed by atoms with van der Waals surface area (Å²) in [6, 6.07) is -0.875. The van der Waals surface area contributed by atoms with Crippen molar-refractivity contribution in [3.05, 3.63) is 12.2 Å². The largest absolute Gasteiger partial charge is 0.480 e.